The van der Waals surface area contributed by atoms with Crippen molar-refractivity contribution in [2.45, 2.75) is 6.18 Å². The van der Waals surface area contributed by atoms with Crippen molar-refractivity contribution in [3.05, 3.63) is 27.7 Å². The van der Waals surface area contributed by atoms with Gasteiger partial charge in [0.1, 0.15) is 0 Å². The molecule has 0 unspecified atom stereocenters. The van der Waals surface area contributed by atoms with E-state index in [4.69, 9.17) is 0 Å². The summed E-state index contributed by atoms with van der Waals surface area (Å²) in [6.45, 7) is 0. The lowest BCUT2D eigenvalue weighted by Gasteiger charge is -2.10. The zero-order valence-corrected chi connectivity index (χ0v) is 9.75. The van der Waals surface area contributed by atoms with Gasteiger partial charge in [0.15, 0.2) is 11.6 Å². The van der Waals surface area contributed by atoms with Gasteiger partial charge in [0.2, 0.25) is 5.82 Å². The van der Waals surface area contributed by atoms with Crippen LogP contribution in [0.25, 0.3) is 0 Å². The Morgan fingerprint density at radius 1 is 1.29 bits per heavy atom. The Hall–Kier alpha value is -1.18. The van der Waals surface area contributed by atoms with Crippen LogP contribution in [0, 0.1) is 11.6 Å². The molecule has 2 nitrogen and oxygen atoms in total. The third-order valence-electron chi connectivity index (χ3n) is 1.82. The lowest BCUT2D eigenvalue weighted by Crippen LogP contribution is -2.24. The molecule has 0 aromatic heterocycles. The fourth-order valence-electron chi connectivity index (χ4n) is 1.08. The number of Topliss-reactive ketones (excluding diaryl/α,β-unsaturated/α-hetero) is 1. The predicted molar refractivity (Wildman–Crippen MR) is 51.0 cm³/mol. The molecule has 0 radical (unpaired) electrons. The zero-order valence-electron chi connectivity index (χ0n) is 8.16. The van der Waals surface area contributed by atoms with Crippen molar-refractivity contribution in [3.8, 4) is 5.75 Å². The number of ether oxygens (including phenoxy) is 1. The van der Waals surface area contributed by atoms with Crippen LogP contribution in [0.1, 0.15) is 10.4 Å². The highest BCUT2D eigenvalue weighted by Crippen LogP contribution is 2.34. The lowest BCUT2D eigenvalue weighted by molar-refractivity contribution is -0.0888. The summed E-state index contributed by atoms with van der Waals surface area (Å²) in [5.41, 5.74) is -1.40. The van der Waals surface area contributed by atoms with E-state index in [2.05, 4.69) is 20.7 Å². The van der Waals surface area contributed by atoms with E-state index in [0.717, 1.165) is 7.11 Å². The van der Waals surface area contributed by atoms with Gasteiger partial charge in [-0.2, -0.15) is 17.6 Å². The molecule has 0 heterocycles. The molecule has 0 saturated heterocycles. The first-order valence-corrected chi connectivity index (χ1v) is 4.82. The van der Waals surface area contributed by atoms with E-state index < -0.39 is 34.9 Å². The van der Waals surface area contributed by atoms with Crippen LogP contribution in [0.3, 0.4) is 0 Å². The van der Waals surface area contributed by atoms with Crippen molar-refractivity contribution in [3.63, 3.8) is 0 Å². The minimum atomic E-state index is -5.28. The van der Waals surface area contributed by atoms with Crippen LogP contribution in [0.5, 0.6) is 5.75 Å². The Morgan fingerprint density at radius 2 is 1.82 bits per heavy atom. The molecular weight excluding hydrogens is 315 g/mol. The normalized spacial score (nSPS) is 11.5. The van der Waals surface area contributed by atoms with Crippen LogP contribution in [0.2, 0.25) is 0 Å². The summed E-state index contributed by atoms with van der Waals surface area (Å²) in [6.07, 6.45) is -5.28. The van der Waals surface area contributed by atoms with E-state index >= 15 is 0 Å². The molecule has 1 rings (SSSR count). The summed E-state index contributed by atoms with van der Waals surface area (Å²) < 4.78 is 66.8. The number of alkyl halides is 3. The Bertz CT molecular complexity index is 469. The van der Waals surface area contributed by atoms with Crippen molar-refractivity contribution in [1.29, 1.82) is 0 Å². The molecule has 94 valence electrons. The molecule has 0 atom stereocenters. The third kappa shape index (κ3) is 2.56. The number of carbonyl (C=O) groups excluding carboxylic acids is 1. The second-order valence-corrected chi connectivity index (χ2v) is 3.75. The van der Waals surface area contributed by atoms with E-state index in [1.54, 1.807) is 0 Å². The maximum absolute atomic E-state index is 13.2. The van der Waals surface area contributed by atoms with Crippen LogP contribution < -0.4 is 4.74 Å². The maximum Gasteiger partial charge on any atom is 0.454 e. The predicted octanol–water partition coefficient (Wildman–Crippen LogP) is 3.48. The smallest absolute Gasteiger partial charge is 0.454 e. The number of hydrogen-bond donors (Lipinski definition) is 0. The van der Waals surface area contributed by atoms with Gasteiger partial charge in [-0.1, -0.05) is 0 Å². The highest BCUT2D eigenvalue weighted by Gasteiger charge is 2.42. The molecule has 0 spiro atoms. The van der Waals surface area contributed by atoms with Gasteiger partial charge in [-0.3, -0.25) is 4.79 Å². The van der Waals surface area contributed by atoms with Crippen molar-refractivity contribution in [2.24, 2.45) is 0 Å². The van der Waals surface area contributed by atoms with Crippen molar-refractivity contribution >= 4 is 21.7 Å². The lowest BCUT2D eigenvalue weighted by atomic mass is 10.1. The summed E-state index contributed by atoms with van der Waals surface area (Å²) in [4.78, 5) is 10.8. The molecular formula is C9H4BrF5O2. The Labute approximate surface area is 100 Å². The molecule has 0 N–H and O–H groups in total. The van der Waals surface area contributed by atoms with Crippen LogP contribution in [0.15, 0.2) is 10.5 Å². The number of ketones is 1. The first-order chi connectivity index (χ1) is 7.70. The van der Waals surface area contributed by atoms with Crippen LogP contribution in [-0.4, -0.2) is 19.1 Å². The molecule has 0 aliphatic rings. The van der Waals surface area contributed by atoms with Gasteiger partial charge in [-0.15, -0.1) is 0 Å². The molecule has 0 amide bonds. The number of carbonyl (C=O) groups is 1. The summed E-state index contributed by atoms with van der Waals surface area (Å²) in [5.74, 6) is -6.62. The average Bonchev–Trinajstić information content (AvgIpc) is 2.22. The first kappa shape index (κ1) is 13.9. The number of methoxy groups -OCH3 is 1. The largest absolute Gasteiger partial charge is 0.492 e. The topological polar surface area (TPSA) is 26.3 Å². The van der Waals surface area contributed by atoms with Crippen molar-refractivity contribution in [2.75, 3.05) is 7.11 Å². The number of hydrogen-bond acceptors (Lipinski definition) is 2. The van der Waals surface area contributed by atoms with Crippen LogP contribution in [-0.2, 0) is 0 Å². The number of halogens is 6. The molecule has 0 aliphatic heterocycles. The molecule has 17 heavy (non-hydrogen) atoms. The van der Waals surface area contributed by atoms with E-state index in [1.807, 2.05) is 0 Å². The van der Waals surface area contributed by atoms with Crippen molar-refractivity contribution < 1.29 is 31.5 Å². The fraction of sp³-hybridized carbons (Fsp3) is 0.222. The highest BCUT2D eigenvalue weighted by molar-refractivity contribution is 9.10. The van der Waals surface area contributed by atoms with Gasteiger partial charge in [-0.25, -0.2) is 4.39 Å². The minimum Gasteiger partial charge on any atom is -0.492 e. The van der Waals surface area contributed by atoms with Crippen LogP contribution >= 0.6 is 15.9 Å². The standard InChI is InChI=1S/C9H4BrF5O2/c1-17-7-4(10)2-3(5(11)6(7)12)8(16)9(13,14)15/h2H,1H3. The Morgan fingerprint density at radius 3 is 2.24 bits per heavy atom. The molecule has 1 aromatic carbocycles. The second kappa shape index (κ2) is 4.59. The fourth-order valence-corrected chi connectivity index (χ4v) is 1.65. The van der Waals surface area contributed by atoms with Gasteiger partial charge in [0.05, 0.1) is 17.1 Å². The minimum absolute atomic E-state index is 0.286. The molecule has 8 heteroatoms. The highest BCUT2D eigenvalue weighted by atomic mass is 79.9. The zero-order chi connectivity index (χ0) is 13.4. The average molecular weight is 319 g/mol. The Balaban J connectivity index is 3.44. The number of benzene rings is 1. The van der Waals surface area contributed by atoms with Gasteiger partial charge < -0.3 is 4.74 Å². The third-order valence-corrected chi connectivity index (χ3v) is 2.41. The SMILES string of the molecule is COc1c(Br)cc(C(=O)C(F)(F)F)c(F)c1F. The van der Waals surface area contributed by atoms with Crippen LogP contribution in [0.4, 0.5) is 22.0 Å². The van der Waals surface area contributed by atoms with Gasteiger partial charge in [-0.05, 0) is 22.0 Å². The molecule has 0 saturated carbocycles. The van der Waals surface area contributed by atoms with E-state index in [1.165, 1.54) is 0 Å². The monoisotopic (exact) mass is 318 g/mol. The summed E-state index contributed by atoms with van der Waals surface area (Å²) in [7, 11) is 1.01. The second-order valence-electron chi connectivity index (χ2n) is 2.89. The van der Waals surface area contributed by atoms with Crippen molar-refractivity contribution in [1.82, 2.24) is 0 Å². The first-order valence-electron chi connectivity index (χ1n) is 4.03. The molecule has 0 aliphatic carbocycles. The number of rotatable bonds is 2. The van der Waals surface area contributed by atoms with Gasteiger partial charge in [0.25, 0.3) is 5.78 Å². The van der Waals surface area contributed by atoms with E-state index in [-0.39, 0.29) is 4.47 Å². The molecule has 1 aromatic rings. The quantitative estimate of drug-likeness (QED) is 0.474. The van der Waals surface area contributed by atoms with Gasteiger partial charge >= 0.3 is 6.18 Å². The van der Waals surface area contributed by atoms with E-state index in [9.17, 15) is 26.7 Å². The summed E-state index contributed by atoms with van der Waals surface area (Å²) in [6, 6.07) is 0.521. The summed E-state index contributed by atoms with van der Waals surface area (Å²) >= 11 is 2.68. The van der Waals surface area contributed by atoms with Gasteiger partial charge in [0, 0.05) is 0 Å². The Kier molecular flexibility index (Phi) is 3.75. The molecule has 0 fully saturated rings. The maximum atomic E-state index is 13.2. The van der Waals surface area contributed by atoms with E-state index in [0.29, 0.717) is 6.07 Å². The molecule has 0 bridgehead atoms. The summed E-state index contributed by atoms with van der Waals surface area (Å²) in [5, 5.41) is 0.